The van der Waals surface area contributed by atoms with E-state index in [4.69, 9.17) is 4.74 Å². The zero-order valence-corrected chi connectivity index (χ0v) is 15.4. The molecule has 0 aromatic heterocycles. The van der Waals surface area contributed by atoms with Crippen LogP contribution in [0.2, 0.25) is 0 Å². The van der Waals surface area contributed by atoms with Gasteiger partial charge in [0.15, 0.2) is 0 Å². The third-order valence-corrected chi connectivity index (χ3v) is 4.98. The summed E-state index contributed by atoms with van der Waals surface area (Å²) in [5, 5.41) is 3.67. The van der Waals surface area contributed by atoms with Crippen molar-refractivity contribution in [3.8, 4) is 0 Å². The molecule has 0 saturated carbocycles. The van der Waals surface area contributed by atoms with Crippen LogP contribution in [0.4, 0.5) is 4.79 Å². The second-order valence-electron chi connectivity index (χ2n) is 7.99. The van der Waals surface area contributed by atoms with Crippen molar-refractivity contribution in [3.63, 3.8) is 0 Å². The van der Waals surface area contributed by atoms with Gasteiger partial charge >= 0.3 is 6.09 Å². The number of ether oxygens (including phenoxy) is 1. The summed E-state index contributed by atoms with van der Waals surface area (Å²) in [5.74, 6) is 0.685. The maximum absolute atomic E-state index is 12.1. The first-order chi connectivity index (χ1) is 10.9. The Kier molecular flexibility index (Phi) is 6.72. The van der Waals surface area contributed by atoms with Crippen LogP contribution in [-0.4, -0.2) is 66.8 Å². The van der Waals surface area contributed by atoms with E-state index in [1.807, 2.05) is 25.7 Å². The highest BCUT2D eigenvalue weighted by Crippen LogP contribution is 2.20. The van der Waals surface area contributed by atoms with Crippen molar-refractivity contribution in [2.75, 3.05) is 39.3 Å². The number of nitrogens with one attached hydrogen (secondary N) is 1. The minimum absolute atomic E-state index is 0.159. The van der Waals surface area contributed by atoms with Crippen LogP contribution >= 0.6 is 0 Å². The van der Waals surface area contributed by atoms with Gasteiger partial charge in [-0.1, -0.05) is 6.92 Å². The summed E-state index contributed by atoms with van der Waals surface area (Å²) in [4.78, 5) is 16.5. The largest absolute Gasteiger partial charge is 0.444 e. The molecule has 23 heavy (non-hydrogen) atoms. The number of hydrogen-bond acceptors (Lipinski definition) is 4. The quantitative estimate of drug-likeness (QED) is 0.844. The number of hydrogen-bond donors (Lipinski definition) is 1. The highest BCUT2D eigenvalue weighted by Gasteiger charge is 2.27. The number of nitrogens with zero attached hydrogens (tertiary/aromatic N) is 2. The maximum atomic E-state index is 12.1. The summed E-state index contributed by atoms with van der Waals surface area (Å²) in [5.41, 5.74) is -0.401. The Balaban J connectivity index is 1.62. The summed E-state index contributed by atoms with van der Waals surface area (Å²) < 4.78 is 5.45. The van der Waals surface area contributed by atoms with Crippen LogP contribution in [0, 0.1) is 5.92 Å². The lowest BCUT2D eigenvalue weighted by atomic mass is 9.97. The van der Waals surface area contributed by atoms with Crippen LogP contribution in [0.5, 0.6) is 0 Å². The molecule has 0 aliphatic carbocycles. The first-order valence-corrected chi connectivity index (χ1v) is 9.31. The van der Waals surface area contributed by atoms with Crippen LogP contribution < -0.4 is 5.32 Å². The molecule has 2 heterocycles. The lowest BCUT2D eigenvalue weighted by Crippen LogP contribution is -2.44. The highest BCUT2D eigenvalue weighted by molar-refractivity contribution is 5.68. The third-order valence-electron chi connectivity index (χ3n) is 4.98. The fourth-order valence-electron chi connectivity index (χ4n) is 3.64. The molecule has 2 fully saturated rings. The number of likely N-dealkylation sites (tertiary alicyclic amines) is 2. The molecule has 134 valence electrons. The summed E-state index contributed by atoms with van der Waals surface area (Å²) >= 11 is 0. The first-order valence-electron chi connectivity index (χ1n) is 9.31. The summed E-state index contributed by atoms with van der Waals surface area (Å²) in [7, 11) is 0. The number of rotatable bonds is 5. The lowest BCUT2D eigenvalue weighted by Gasteiger charge is -2.34. The summed E-state index contributed by atoms with van der Waals surface area (Å²) in [6.45, 7) is 14.3. The molecule has 0 aromatic rings. The SMILES string of the molecule is CCN1CCCC1CNCC1CCN(C(=O)OC(C)(C)C)CC1. The predicted molar refractivity (Wildman–Crippen MR) is 93.7 cm³/mol. The predicted octanol–water partition coefficient (Wildman–Crippen LogP) is 2.71. The van der Waals surface area contributed by atoms with Crippen molar-refractivity contribution in [3.05, 3.63) is 0 Å². The molecule has 2 aliphatic heterocycles. The van der Waals surface area contributed by atoms with Crippen molar-refractivity contribution in [2.24, 2.45) is 5.92 Å². The molecule has 1 atom stereocenters. The summed E-state index contributed by atoms with van der Waals surface area (Å²) in [6, 6.07) is 0.724. The standard InChI is InChI=1S/C18H35N3O2/c1-5-20-10-6-7-16(20)14-19-13-15-8-11-21(12-9-15)17(22)23-18(2,3)4/h15-16,19H,5-14H2,1-4H3. The van der Waals surface area contributed by atoms with Crippen LogP contribution in [0.1, 0.15) is 53.4 Å². The lowest BCUT2D eigenvalue weighted by molar-refractivity contribution is 0.0184. The van der Waals surface area contributed by atoms with E-state index in [0.29, 0.717) is 5.92 Å². The molecule has 0 bridgehead atoms. The second kappa shape index (κ2) is 8.34. The molecule has 1 amide bonds. The van der Waals surface area contributed by atoms with Crippen molar-refractivity contribution in [1.29, 1.82) is 0 Å². The third kappa shape index (κ3) is 5.96. The minimum Gasteiger partial charge on any atom is -0.444 e. The van der Waals surface area contributed by atoms with Gasteiger partial charge in [-0.3, -0.25) is 4.90 Å². The average molecular weight is 325 g/mol. The van der Waals surface area contributed by atoms with Crippen LogP contribution in [0.15, 0.2) is 0 Å². The number of likely N-dealkylation sites (N-methyl/N-ethyl adjacent to an activating group) is 1. The number of carbonyl (C=O) groups excluding carboxylic acids is 1. The maximum Gasteiger partial charge on any atom is 0.410 e. The Morgan fingerprint density at radius 2 is 1.83 bits per heavy atom. The fourth-order valence-corrected chi connectivity index (χ4v) is 3.64. The van der Waals surface area contributed by atoms with Gasteiger partial charge in [0.05, 0.1) is 0 Å². The number of piperidine rings is 1. The zero-order chi connectivity index (χ0) is 16.9. The normalized spacial score (nSPS) is 24.2. The van der Waals surface area contributed by atoms with Gasteiger partial charge in [-0.2, -0.15) is 0 Å². The van der Waals surface area contributed by atoms with Gasteiger partial charge in [-0.15, -0.1) is 0 Å². The molecule has 5 heteroatoms. The molecule has 1 N–H and O–H groups in total. The van der Waals surface area contributed by atoms with Crippen molar-refractivity contribution in [2.45, 2.75) is 65.0 Å². The molecular formula is C18H35N3O2. The van der Waals surface area contributed by atoms with E-state index in [1.54, 1.807) is 0 Å². The Morgan fingerprint density at radius 3 is 2.43 bits per heavy atom. The van der Waals surface area contributed by atoms with E-state index < -0.39 is 5.60 Å². The Bertz CT molecular complexity index is 373. The Morgan fingerprint density at radius 1 is 1.13 bits per heavy atom. The van der Waals surface area contributed by atoms with Gasteiger partial charge in [0.25, 0.3) is 0 Å². The smallest absolute Gasteiger partial charge is 0.410 e. The Labute approximate surface area is 141 Å². The molecule has 0 spiro atoms. The molecule has 0 radical (unpaired) electrons. The van der Waals surface area contributed by atoms with Gasteiger partial charge in [-0.05, 0) is 72.0 Å². The number of amides is 1. The topological polar surface area (TPSA) is 44.8 Å². The molecule has 2 rings (SSSR count). The molecule has 1 unspecified atom stereocenters. The van der Waals surface area contributed by atoms with Crippen molar-refractivity contribution >= 4 is 6.09 Å². The highest BCUT2D eigenvalue weighted by atomic mass is 16.6. The minimum atomic E-state index is -0.401. The molecule has 2 saturated heterocycles. The molecule has 0 aromatic carbocycles. The molecule has 5 nitrogen and oxygen atoms in total. The van der Waals surface area contributed by atoms with Gasteiger partial charge in [-0.25, -0.2) is 4.79 Å². The van der Waals surface area contributed by atoms with E-state index in [0.717, 1.165) is 45.1 Å². The summed E-state index contributed by atoms with van der Waals surface area (Å²) in [6.07, 6.45) is 4.67. The Hall–Kier alpha value is -0.810. The van der Waals surface area contributed by atoms with Gasteiger partial charge in [0.2, 0.25) is 0 Å². The van der Waals surface area contributed by atoms with Gasteiger partial charge < -0.3 is 15.0 Å². The van der Waals surface area contributed by atoms with Crippen molar-refractivity contribution in [1.82, 2.24) is 15.1 Å². The van der Waals surface area contributed by atoms with Gasteiger partial charge in [0, 0.05) is 25.7 Å². The number of carbonyl (C=O) groups is 1. The van der Waals surface area contributed by atoms with E-state index in [9.17, 15) is 4.79 Å². The van der Waals surface area contributed by atoms with E-state index in [-0.39, 0.29) is 6.09 Å². The second-order valence-corrected chi connectivity index (χ2v) is 7.99. The monoisotopic (exact) mass is 325 g/mol. The van der Waals surface area contributed by atoms with Crippen molar-refractivity contribution < 1.29 is 9.53 Å². The van der Waals surface area contributed by atoms with E-state index in [2.05, 4.69) is 17.1 Å². The van der Waals surface area contributed by atoms with E-state index >= 15 is 0 Å². The molecular weight excluding hydrogens is 290 g/mol. The average Bonchev–Trinajstić information content (AvgIpc) is 2.93. The molecule has 2 aliphatic rings. The van der Waals surface area contributed by atoms with Crippen LogP contribution in [-0.2, 0) is 4.74 Å². The van der Waals surface area contributed by atoms with Gasteiger partial charge in [0.1, 0.15) is 5.60 Å². The first kappa shape index (κ1) is 18.5. The fraction of sp³-hybridized carbons (Fsp3) is 0.944. The zero-order valence-electron chi connectivity index (χ0n) is 15.4. The van der Waals surface area contributed by atoms with Crippen LogP contribution in [0.3, 0.4) is 0 Å². The van der Waals surface area contributed by atoms with E-state index in [1.165, 1.54) is 25.9 Å². The van der Waals surface area contributed by atoms with Crippen LogP contribution in [0.25, 0.3) is 0 Å².